The second kappa shape index (κ2) is 9.30. The van der Waals surface area contributed by atoms with Gasteiger partial charge in [0.1, 0.15) is 5.82 Å². The number of carbonyl (C=O) groups excluding carboxylic acids is 1. The van der Waals surface area contributed by atoms with Gasteiger partial charge in [0.2, 0.25) is 5.75 Å². The third-order valence-corrected chi connectivity index (χ3v) is 5.95. The standard InChI is InChI=1S/C21H25BrClN3O3/c1-4-5-10-29-19-18-21(28)25(13(2)3)8-9-26(18)17(24-20(19)27)11-14-6-7-15(23)12-16(14)22/h6-7,12-13H,4-5,8-11H2,1-3H3. The molecule has 0 bridgehead atoms. The Kier molecular flexibility index (Phi) is 7.01. The van der Waals surface area contributed by atoms with Crippen LogP contribution in [0.5, 0.6) is 5.75 Å². The van der Waals surface area contributed by atoms with Crippen molar-refractivity contribution in [3.05, 3.63) is 55.1 Å². The normalized spacial score (nSPS) is 13.7. The van der Waals surface area contributed by atoms with Crippen LogP contribution in [0.2, 0.25) is 5.02 Å². The van der Waals surface area contributed by atoms with Gasteiger partial charge in [-0.05, 0) is 38.0 Å². The summed E-state index contributed by atoms with van der Waals surface area (Å²) in [5.41, 5.74) is 0.752. The van der Waals surface area contributed by atoms with Crippen molar-refractivity contribution in [2.45, 2.75) is 52.6 Å². The molecule has 1 aromatic carbocycles. The van der Waals surface area contributed by atoms with Gasteiger partial charge in [0.05, 0.1) is 6.61 Å². The van der Waals surface area contributed by atoms with Gasteiger partial charge in [0.25, 0.3) is 5.91 Å². The van der Waals surface area contributed by atoms with Crippen LogP contribution in [0.25, 0.3) is 0 Å². The second-order valence-electron chi connectivity index (χ2n) is 7.37. The molecule has 0 saturated carbocycles. The Bertz CT molecular complexity index is 974. The van der Waals surface area contributed by atoms with Crippen LogP contribution in [-0.4, -0.2) is 39.6 Å². The van der Waals surface area contributed by atoms with Crippen molar-refractivity contribution in [2.75, 3.05) is 13.2 Å². The van der Waals surface area contributed by atoms with E-state index in [0.29, 0.717) is 42.7 Å². The van der Waals surface area contributed by atoms with E-state index in [1.807, 2.05) is 31.4 Å². The summed E-state index contributed by atoms with van der Waals surface area (Å²) in [6.07, 6.45) is 2.15. The molecule has 0 N–H and O–H groups in total. The fraction of sp³-hybridized carbons (Fsp3) is 0.476. The Hall–Kier alpha value is -1.86. The van der Waals surface area contributed by atoms with Crippen LogP contribution < -0.4 is 10.3 Å². The molecule has 6 nitrogen and oxygen atoms in total. The van der Waals surface area contributed by atoms with E-state index in [1.54, 1.807) is 17.0 Å². The number of benzene rings is 1. The van der Waals surface area contributed by atoms with E-state index >= 15 is 0 Å². The number of rotatable bonds is 7. The van der Waals surface area contributed by atoms with Gasteiger partial charge in [0, 0.05) is 35.0 Å². The van der Waals surface area contributed by atoms with Gasteiger partial charge < -0.3 is 14.2 Å². The third kappa shape index (κ3) is 4.67. The maximum Gasteiger partial charge on any atom is 0.316 e. The van der Waals surface area contributed by atoms with Crippen LogP contribution in [0, 0.1) is 0 Å². The van der Waals surface area contributed by atoms with Gasteiger partial charge >= 0.3 is 5.56 Å². The minimum absolute atomic E-state index is 0.0388. The molecule has 1 aromatic heterocycles. The van der Waals surface area contributed by atoms with Crippen molar-refractivity contribution in [3.8, 4) is 5.75 Å². The van der Waals surface area contributed by atoms with E-state index in [1.165, 1.54) is 0 Å². The number of aromatic nitrogens is 2. The molecule has 8 heteroatoms. The summed E-state index contributed by atoms with van der Waals surface area (Å²) in [5, 5.41) is 0.621. The van der Waals surface area contributed by atoms with Gasteiger partial charge in [0.15, 0.2) is 5.69 Å². The Morgan fingerprint density at radius 1 is 1.28 bits per heavy atom. The van der Waals surface area contributed by atoms with Crippen LogP contribution in [0.3, 0.4) is 0 Å². The van der Waals surface area contributed by atoms with E-state index in [-0.39, 0.29) is 17.7 Å². The summed E-state index contributed by atoms with van der Waals surface area (Å²) >= 11 is 9.56. The number of carbonyl (C=O) groups is 1. The van der Waals surface area contributed by atoms with Gasteiger partial charge in [-0.1, -0.05) is 46.9 Å². The Morgan fingerprint density at radius 3 is 2.69 bits per heavy atom. The summed E-state index contributed by atoms with van der Waals surface area (Å²) in [4.78, 5) is 32.1. The molecule has 156 valence electrons. The molecular formula is C21H25BrClN3O3. The molecule has 2 heterocycles. The highest BCUT2D eigenvalue weighted by Crippen LogP contribution is 2.27. The molecule has 1 aliphatic rings. The first kappa shape index (κ1) is 21.8. The zero-order chi connectivity index (χ0) is 21.1. The topological polar surface area (TPSA) is 64.4 Å². The van der Waals surface area contributed by atoms with Crippen LogP contribution in [0.1, 0.15) is 55.5 Å². The fourth-order valence-electron chi connectivity index (χ4n) is 3.39. The zero-order valence-corrected chi connectivity index (χ0v) is 19.2. The summed E-state index contributed by atoms with van der Waals surface area (Å²) in [6, 6.07) is 5.53. The number of ether oxygens (including phenoxy) is 1. The quantitative estimate of drug-likeness (QED) is 0.552. The lowest BCUT2D eigenvalue weighted by Crippen LogP contribution is -2.46. The lowest BCUT2D eigenvalue weighted by atomic mass is 10.1. The Balaban J connectivity index is 2.08. The predicted octanol–water partition coefficient (Wildman–Crippen LogP) is 4.29. The van der Waals surface area contributed by atoms with Crippen LogP contribution in [-0.2, 0) is 13.0 Å². The van der Waals surface area contributed by atoms with E-state index in [0.717, 1.165) is 22.9 Å². The predicted molar refractivity (Wildman–Crippen MR) is 117 cm³/mol. The van der Waals surface area contributed by atoms with Crippen molar-refractivity contribution in [2.24, 2.45) is 0 Å². The van der Waals surface area contributed by atoms with E-state index in [9.17, 15) is 9.59 Å². The first-order valence-electron chi connectivity index (χ1n) is 9.84. The number of fused-ring (bicyclic) bond motifs is 1. The van der Waals surface area contributed by atoms with Crippen LogP contribution in [0.15, 0.2) is 27.5 Å². The molecule has 0 fully saturated rings. The highest BCUT2D eigenvalue weighted by Gasteiger charge is 2.33. The SMILES string of the molecule is CCCCOc1c2n(c(Cc3ccc(Cl)cc3Br)nc1=O)CCN(C(C)C)C2=O. The highest BCUT2D eigenvalue weighted by atomic mass is 79.9. The average Bonchev–Trinajstić information content (AvgIpc) is 2.66. The van der Waals surface area contributed by atoms with Gasteiger partial charge in [-0.15, -0.1) is 0 Å². The number of hydrogen-bond acceptors (Lipinski definition) is 4. The summed E-state index contributed by atoms with van der Waals surface area (Å²) < 4.78 is 8.42. The maximum absolute atomic E-state index is 13.2. The first-order valence-corrected chi connectivity index (χ1v) is 11.0. The number of amides is 1. The number of hydrogen-bond donors (Lipinski definition) is 0. The molecular weight excluding hydrogens is 458 g/mol. The van der Waals surface area contributed by atoms with Crippen molar-refractivity contribution >= 4 is 33.4 Å². The van der Waals surface area contributed by atoms with Crippen molar-refractivity contribution in [1.29, 1.82) is 0 Å². The molecule has 0 radical (unpaired) electrons. The summed E-state index contributed by atoms with van der Waals surface area (Å²) in [5.74, 6) is 0.425. The number of nitrogens with zero attached hydrogens (tertiary/aromatic N) is 3. The van der Waals surface area contributed by atoms with E-state index in [2.05, 4.69) is 20.9 Å². The molecule has 3 rings (SSSR count). The van der Waals surface area contributed by atoms with Gasteiger partial charge in [-0.25, -0.2) is 0 Å². The first-order chi connectivity index (χ1) is 13.8. The largest absolute Gasteiger partial charge is 0.486 e. The lowest BCUT2D eigenvalue weighted by Gasteiger charge is -2.34. The molecule has 0 unspecified atom stereocenters. The molecule has 0 aliphatic carbocycles. The molecule has 29 heavy (non-hydrogen) atoms. The van der Waals surface area contributed by atoms with Gasteiger partial charge in [-0.3, -0.25) is 9.59 Å². The summed E-state index contributed by atoms with van der Waals surface area (Å²) in [7, 11) is 0. The molecule has 2 aromatic rings. The molecule has 0 saturated heterocycles. The van der Waals surface area contributed by atoms with Gasteiger partial charge in [-0.2, -0.15) is 4.98 Å². The Labute approximate surface area is 184 Å². The summed E-state index contributed by atoms with van der Waals surface area (Å²) in [6.45, 7) is 7.50. The zero-order valence-electron chi connectivity index (χ0n) is 16.9. The maximum atomic E-state index is 13.2. The van der Waals surface area contributed by atoms with Crippen molar-refractivity contribution < 1.29 is 9.53 Å². The lowest BCUT2D eigenvalue weighted by molar-refractivity contribution is 0.0635. The third-order valence-electron chi connectivity index (χ3n) is 4.98. The van der Waals surface area contributed by atoms with E-state index in [4.69, 9.17) is 16.3 Å². The fourth-order valence-corrected chi connectivity index (χ4v) is 4.21. The molecule has 0 spiro atoms. The second-order valence-corrected chi connectivity index (χ2v) is 8.66. The highest BCUT2D eigenvalue weighted by molar-refractivity contribution is 9.10. The molecule has 1 amide bonds. The molecule has 0 atom stereocenters. The van der Waals surface area contributed by atoms with Crippen LogP contribution in [0.4, 0.5) is 0 Å². The van der Waals surface area contributed by atoms with Crippen molar-refractivity contribution in [1.82, 2.24) is 14.5 Å². The number of unbranched alkanes of at least 4 members (excludes halogenated alkanes) is 1. The number of halogens is 2. The van der Waals surface area contributed by atoms with Crippen molar-refractivity contribution in [3.63, 3.8) is 0 Å². The van der Waals surface area contributed by atoms with E-state index < -0.39 is 5.56 Å². The smallest absolute Gasteiger partial charge is 0.316 e. The monoisotopic (exact) mass is 481 g/mol. The average molecular weight is 483 g/mol. The van der Waals surface area contributed by atoms with Crippen LogP contribution >= 0.6 is 27.5 Å². The Morgan fingerprint density at radius 2 is 2.03 bits per heavy atom. The molecule has 1 aliphatic heterocycles. The minimum Gasteiger partial charge on any atom is -0.486 e. The minimum atomic E-state index is -0.494.